The number of hydrogen-bond acceptors (Lipinski definition) is 1. The van der Waals surface area contributed by atoms with E-state index in [0.29, 0.717) is 5.41 Å². The molecule has 0 amide bonds. The first-order valence-corrected chi connectivity index (χ1v) is 6.23. The molecule has 1 heteroatoms. The van der Waals surface area contributed by atoms with E-state index in [1.165, 1.54) is 45.1 Å². The summed E-state index contributed by atoms with van der Waals surface area (Å²) >= 11 is 0. The lowest BCUT2D eigenvalue weighted by atomic mass is 9.85. The van der Waals surface area contributed by atoms with Crippen LogP contribution in [-0.4, -0.2) is 12.6 Å². The van der Waals surface area contributed by atoms with E-state index in [1.807, 2.05) is 0 Å². The van der Waals surface area contributed by atoms with Crippen molar-refractivity contribution in [3.05, 3.63) is 0 Å². The van der Waals surface area contributed by atoms with E-state index in [1.54, 1.807) is 0 Å². The van der Waals surface area contributed by atoms with Gasteiger partial charge < -0.3 is 5.32 Å². The number of rotatable bonds is 5. The minimum Gasteiger partial charge on any atom is -0.313 e. The van der Waals surface area contributed by atoms with Crippen molar-refractivity contribution in [2.45, 2.75) is 65.3 Å². The van der Waals surface area contributed by atoms with E-state index in [2.05, 4.69) is 26.1 Å². The highest BCUT2D eigenvalue weighted by Gasteiger charge is 2.43. The molecule has 14 heavy (non-hydrogen) atoms. The molecule has 0 unspecified atom stereocenters. The van der Waals surface area contributed by atoms with E-state index in [-0.39, 0.29) is 0 Å². The van der Waals surface area contributed by atoms with Crippen LogP contribution in [0, 0.1) is 10.8 Å². The van der Waals surface area contributed by atoms with Crippen LogP contribution < -0.4 is 5.32 Å². The Bertz CT molecular complexity index is 194. The summed E-state index contributed by atoms with van der Waals surface area (Å²) in [4.78, 5) is 0. The van der Waals surface area contributed by atoms with E-state index >= 15 is 0 Å². The first-order chi connectivity index (χ1) is 6.49. The van der Waals surface area contributed by atoms with Gasteiger partial charge in [-0.2, -0.15) is 0 Å². The molecular weight excluding hydrogens is 170 g/mol. The van der Waals surface area contributed by atoms with Gasteiger partial charge in [0.2, 0.25) is 0 Å². The molecule has 2 saturated carbocycles. The highest BCUT2D eigenvalue weighted by Crippen LogP contribution is 2.50. The molecule has 1 N–H and O–H groups in total. The first kappa shape index (κ1) is 10.5. The molecule has 0 bridgehead atoms. The minimum atomic E-state index is 0.523. The molecule has 0 aromatic rings. The maximum Gasteiger partial charge on any atom is 0.00684 e. The summed E-state index contributed by atoms with van der Waals surface area (Å²) in [5.74, 6) is 0. The third kappa shape index (κ3) is 3.27. The Balaban J connectivity index is 1.67. The fourth-order valence-corrected chi connectivity index (χ4v) is 1.98. The number of hydrogen-bond donors (Lipinski definition) is 1. The summed E-state index contributed by atoms with van der Waals surface area (Å²) in [6.45, 7) is 8.37. The van der Waals surface area contributed by atoms with Gasteiger partial charge in [-0.3, -0.25) is 0 Å². The Kier molecular flexibility index (Phi) is 2.63. The molecule has 0 aromatic carbocycles. The van der Waals surface area contributed by atoms with Gasteiger partial charge in [-0.25, -0.2) is 0 Å². The van der Waals surface area contributed by atoms with Crippen LogP contribution in [0.2, 0.25) is 0 Å². The van der Waals surface area contributed by atoms with Gasteiger partial charge in [-0.15, -0.1) is 0 Å². The molecule has 2 aliphatic rings. The lowest BCUT2D eigenvalue weighted by Gasteiger charge is -2.23. The second kappa shape index (κ2) is 3.52. The Morgan fingerprint density at radius 1 is 1.21 bits per heavy atom. The molecule has 0 heterocycles. The van der Waals surface area contributed by atoms with Gasteiger partial charge in [-0.05, 0) is 49.4 Å². The van der Waals surface area contributed by atoms with Crippen molar-refractivity contribution in [3.63, 3.8) is 0 Å². The minimum absolute atomic E-state index is 0.523. The monoisotopic (exact) mass is 195 g/mol. The molecule has 82 valence electrons. The van der Waals surface area contributed by atoms with Gasteiger partial charge in [-0.1, -0.05) is 20.8 Å². The van der Waals surface area contributed by atoms with Crippen molar-refractivity contribution in [1.82, 2.24) is 5.32 Å². The van der Waals surface area contributed by atoms with E-state index < -0.39 is 0 Å². The normalized spacial score (nSPS) is 25.1. The average molecular weight is 195 g/mol. The van der Waals surface area contributed by atoms with Crippen LogP contribution in [0.1, 0.15) is 59.3 Å². The Hall–Kier alpha value is -0.0400. The zero-order chi connectivity index (χ0) is 10.2. The molecule has 0 aliphatic heterocycles. The second-order valence-electron chi connectivity index (χ2n) is 6.72. The van der Waals surface area contributed by atoms with Gasteiger partial charge in [0, 0.05) is 12.6 Å². The summed E-state index contributed by atoms with van der Waals surface area (Å²) in [6.07, 6.45) is 8.63. The first-order valence-electron chi connectivity index (χ1n) is 6.23. The summed E-state index contributed by atoms with van der Waals surface area (Å²) in [7, 11) is 0. The zero-order valence-electron chi connectivity index (χ0n) is 10.0. The highest BCUT2D eigenvalue weighted by molar-refractivity contribution is 4.97. The predicted octanol–water partition coefficient (Wildman–Crippen LogP) is 3.34. The van der Waals surface area contributed by atoms with Crippen molar-refractivity contribution in [2.75, 3.05) is 6.54 Å². The Morgan fingerprint density at radius 2 is 1.86 bits per heavy atom. The summed E-state index contributed by atoms with van der Waals surface area (Å²) in [6, 6.07) is 0.891. The van der Waals surface area contributed by atoms with Crippen molar-refractivity contribution < 1.29 is 0 Å². The van der Waals surface area contributed by atoms with Gasteiger partial charge in [0.1, 0.15) is 0 Å². The van der Waals surface area contributed by atoms with Crippen molar-refractivity contribution in [3.8, 4) is 0 Å². The van der Waals surface area contributed by atoms with Crippen LogP contribution in [-0.2, 0) is 0 Å². The quantitative estimate of drug-likeness (QED) is 0.709. The van der Waals surface area contributed by atoms with Gasteiger partial charge in [0.05, 0.1) is 0 Å². The smallest absolute Gasteiger partial charge is 0.00684 e. The third-order valence-electron chi connectivity index (χ3n) is 3.71. The summed E-state index contributed by atoms with van der Waals surface area (Å²) in [5.41, 5.74) is 1.24. The van der Waals surface area contributed by atoms with Gasteiger partial charge in [0.15, 0.2) is 0 Å². The Morgan fingerprint density at radius 3 is 2.29 bits per heavy atom. The molecule has 0 saturated heterocycles. The molecule has 2 fully saturated rings. The van der Waals surface area contributed by atoms with Gasteiger partial charge in [0.25, 0.3) is 0 Å². The van der Waals surface area contributed by atoms with Crippen LogP contribution in [0.25, 0.3) is 0 Å². The zero-order valence-corrected chi connectivity index (χ0v) is 10.0. The molecule has 0 spiro atoms. The van der Waals surface area contributed by atoms with E-state index in [4.69, 9.17) is 0 Å². The van der Waals surface area contributed by atoms with Crippen molar-refractivity contribution in [2.24, 2.45) is 10.8 Å². The maximum atomic E-state index is 3.70. The molecular formula is C13H25N. The number of nitrogens with one attached hydrogen (secondary N) is 1. The molecule has 0 radical (unpaired) electrons. The lowest BCUT2D eigenvalue weighted by molar-refractivity contribution is 0.303. The lowest BCUT2D eigenvalue weighted by Crippen LogP contribution is -2.26. The molecule has 0 aromatic heterocycles. The van der Waals surface area contributed by atoms with Crippen LogP contribution in [0.15, 0.2) is 0 Å². The standard InChI is InChI=1S/C13H25N/c1-12(2,3)6-7-13(8-9-13)10-14-11-4-5-11/h11,14H,4-10H2,1-3H3. The SMILES string of the molecule is CC(C)(C)CCC1(CNC2CC2)CC1. The molecule has 0 atom stereocenters. The average Bonchev–Trinajstić information content (AvgIpc) is 2.95. The predicted molar refractivity (Wildman–Crippen MR) is 61.4 cm³/mol. The van der Waals surface area contributed by atoms with E-state index in [0.717, 1.165) is 11.5 Å². The fraction of sp³-hybridized carbons (Fsp3) is 1.00. The molecule has 1 nitrogen and oxygen atoms in total. The van der Waals surface area contributed by atoms with Crippen LogP contribution >= 0.6 is 0 Å². The fourth-order valence-electron chi connectivity index (χ4n) is 1.98. The summed E-state index contributed by atoms with van der Waals surface area (Å²) < 4.78 is 0. The molecule has 2 rings (SSSR count). The van der Waals surface area contributed by atoms with Crippen molar-refractivity contribution in [1.29, 1.82) is 0 Å². The largest absolute Gasteiger partial charge is 0.313 e. The second-order valence-corrected chi connectivity index (χ2v) is 6.72. The molecule has 2 aliphatic carbocycles. The van der Waals surface area contributed by atoms with Gasteiger partial charge >= 0.3 is 0 Å². The summed E-state index contributed by atoms with van der Waals surface area (Å²) in [5, 5.41) is 3.70. The van der Waals surface area contributed by atoms with Crippen molar-refractivity contribution >= 4 is 0 Å². The highest BCUT2D eigenvalue weighted by atomic mass is 15.0. The topological polar surface area (TPSA) is 12.0 Å². The maximum absolute atomic E-state index is 3.70. The van der Waals surface area contributed by atoms with Crippen LogP contribution in [0.5, 0.6) is 0 Å². The third-order valence-corrected chi connectivity index (χ3v) is 3.71. The van der Waals surface area contributed by atoms with Crippen LogP contribution in [0.3, 0.4) is 0 Å². The van der Waals surface area contributed by atoms with Crippen LogP contribution in [0.4, 0.5) is 0 Å². The Labute approximate surface area is 88.7 Å². The van der Waals surface area contributed by atoms with E-state index in [9.17, 15) is 0 Å².